The Morgan fingerprint density at radius 2 is 1.67 bits per heavy atom. The minimum atomic E-state index is -1.65. The maximum atomic E-state index is 13.7. The minimum absolute atomic E-state index is 0.288. The fourth-order valence-corrected chi connectivity index (χ4v) is 2.59. The van der Waals surface area contributed by atoms with Crippen LogP contribution in [0.2, 0.25) is 0 Å². The van der Waals surface area contributed by atoms with E-state index in [2.05, 4.69) is 0 Å². The highest BCUT2D eigenvalue weighted by Crippen LogP contribution is 2.25. The van der Waals surface area contributed by atoms with Crippen molar-refractivity contribution < 1.29 is 27.5 Å². The van der Waals surface area contributed by atoms with Gasteiger partial charge in [0.15, 0.2) is 23.2 Å². The summed E-state index contributed by atoms with van der Waals surface area (Å²) in [6.45, 7) is 5.85. The first-order chi connectivity index (χ1) is 11.1. The van der Waals surface area contributed by atoms with Gasteiger partial charge in [0.25, 0.3) is 0 Å². The van der Waals surface area contributed by atoms with Crippen LogP contribution in [0.25, 0.3) is 0 Å². The number of ether oxygens (including phenoxy) is 1. The van der Waals surface area contributed by atoms with Crippen molar-refractivity contribution >= 4 is 11.9 Å². The van der Waals surface area contributed by atoms with Crippen molar-refractivity contribution in [3.63, 3.8) is 0 Å². The van der Waals surface area contributed by atoms with Crippen LogP contribution in [0.5, 0.6) is 0 Å². The molecule has 0 aromatic heterocycles. The van der Waals surface area contributed by atoms with Crippen LogP contribution in [0.3, 0.4) is 0 Å². The standard InChI is InChI=1S/C17H20F3NO3/c1-17(2,3)24-16(23)21-8-6-10(7-9-21)15(22)11-4-5-12(18)14(20)13(11)19/h4-5,10H,6-9H2,1-3H3. The largest absolute Gasteiger partial charge is 0.444 e. The molecule has 1 amide bonds. The first kappa shape index (κ1) is 18.3. The van der Waals surface area contributed by atoms with Crippen LogP contribution < -0.4 is 0 Å². The van der Waals surface area contributed by atoms with Gasteiger partial charge in [0.1, 0.15) is 5.60 Å². The van der Waals surface area contributed by atoms with Crippen LogP contribution in [0.4, 0.5) is 18.0 Å². The lowest BCUT2D eigenvalue weighted by atomic mass is 9.88. The highest BCUT2D eigenvalue weighted by atomic mass is 19.2. The molecule has 1 fully saturated rings. The molecule has 1 aliphatic rings. The predicted molar refractivity (Wildman–Crippen MR) is 81.2 cm³/mol. The minimum Gasteiger partial charge on any atom is -0.444 e. The lowest BCUT2D eigenvalue weighted by Crippen LogP contribution is -2.43. The topological polar surface area (TPSA) is 46.6 Å². The summed E-state index contributed by atoms with van der Waals surface area (Å²) in [6, 6.07) is 1.69. The maximum absolute atomic E-state index is 13.7. The summed E-state index contributed by atoms with van der Waals surface area (Å²) in [5.74, 6) is -5.55. The zero-order valence-electron chi connectivity index (χ0n) is 13.9. The number of rotatable bonds is 2. The zero-order valence-corrected chi connectivity index (χ0v) is 13.9. The molecule has 0 radical (unpaired) electrons. The first-order valence-electron chi connectivity index (χ1n) is 7.76. The van der Waals surface area contributed by atoms with Gasteiger partial charge in [-0.25, -0.2) is 18.0 Å². The summed E-state index contributed by atoms with van der Waals surface area (Å²) in [5.41, 5.74) is -1.07. The van der Waals surface area contributed by atoms with Crippen LogP contribution in [0.15, 0.2) is 12.1 Å². The molecule has 132 valence electrons. The van der Waals surface area contributed by atoms with E-state index in [-0.39, 0.29) is 13.1 Å². The number of ketones is 1. The monoisotopic (exact) mass is 343 g/mol. The van der Waals surface area contributed by atoms with Gasteiger partial charge in [0, 0.05) is 19.0 Å². The van der Waals surface area contributed by atoms with Crippen molar-refractivity contribution in [2.75, 3.05) is 13.1 Å². The molecular weight excluding hydrogens is 323 g/mol. The number of carbonyl (C=O) groups is 2. The molecule has 7 heteroatoms. The molecule has 0 N–H and O–H groups in total. The van der Waals surface area contributed by atoms with E-state index in [4.69, 9.17) is 4.74 Å². The Balaban J connectivity index is 2.01. The number of hydrogen-bond acceptors (Lipinski definition) is 3. The lowest BCUT2D eigenvalue weighted by molar-refractivity contribution is 0.0182. The number of Topliss-reactive ketones (excluding diaryl/α,β-unsaturated/α-hetero) is 1. The van der Waals surface area contributed by atoms with Gasteiger partial charge in [0.05, 0.1) is 5.56 Å². The molecule has 0 aliphatic carbocycles. The van der Waals surface area contributed by atoms with Gasteiger partial charge in [-0.1, -0.05) is 0 Å². The van der Waals surface area contributed by atoms with Crippen molar-refractivity contribution in [1.29, 1.82) is 0 Å². The normalized spacial score (nSPS) is 16.2. The molecule has 1 saturated heterocycles. The van der Waals surface area contributed by atoms with Crippen LogP contribution in [-0.4, -0.2) is 35.5 Å². The van der Waals surface area contributed by atoms with Crippen molar-refractivity contribution in [1.82, 2.24) is 4.90 Å². The summed E-state index contributed by atoms with van der Waals surface area (Å²) >= 11 is 0. The van der Waals surface area contributed by atoms with E-state index in [9.17, 15) is 22.8 Å². The SMILES string of the molecule is CC(C)(C)OC(=O)N1CCC(C(=O)c2ccc(F)c(F)c2F)CC1. The highest BCUT2D eigenvalue weighted by Gasteiger charge is 2.32. The molecule has 0 saturated carbocycles. The van der Waals surface area contributed by atoms with Gasteiger partial charge in [-0.2, -0.15) is 0 Å². The Morgan fingerprint density at radius 1 is 1.08 bits per heavy atom. The molecule has 1 heterocycles. The number of likely N-dealkylation sites (tertiary alicyclic amines) is 1. The Morgan fingerprint density at radius 3 is 2.21 bits per heavy atom. The number of hydrogen-bond donors (Lipinski definition) is 0. The van der Waals surface area contributed by atoms with Crippen LogP contribution >= 0.6 is 0 Å². The van der Waals surface area contributed by atoms with Crippen molar-refractivity contribution in [2.24, 2.45) is 5.92 Å². The van der Waals surface area contributed by atoms with Crippen molar-refractivity contribution in [3.05, 3.63) is 35.1 Å². The summed E-state index contributed by atoms with van der Waals surface area (Å²) in [7, 11) is 0. The van der Waals surface area contributed by atoms with Crippen molar-refractivity contribution in [2.45, 2.75) is 39.2 Å². The lowest BCUT2D eigenvalue weighted by Gasteiger charge is -2.33. The number of nitrogens with zero attached hydrogens (tertiary/aromatic N) is 1. The third-order valence-electron chi connectivity index (χ3n) is 3.82. The molecule has 4 nitrogen and oxygen atoms in total. The summed E-state index contributed by atoms with van der Waals surface area (Å²) < 4.78 is 45.2. The molecule has 0 spiro atoms. The predicted octanol–water partition coefficient (Wildman–Crippen LogP) is 3.93. The second kappa shape index (κ2) is 6.83. The van der Waals surface area contributed by atoms with Gasteiger partial charge in [-0.05, 0) is 45.7 Å². The number of amides is 1. The molecule has 1 aromatic carbocycles. The van der Waals surface area contributed by atoms with E-state index in [0.717, 1.165) is 12.1 Å². The van der Waals surface area contributed by atoms with Gasteiger partial charge >= 0.3 is 6.09 Å². The Labute approximate surface area is 138 Å². The first-order valence-corrected chi connectivity index (χ1v) is 7.76. The molecule has 1 aromatic rings. The summed E-state index contributed by atoms with van der Waals surface area (Å²) in [5, 5.41) is 0. The molecule has 24 heavy (non-hydrogen) atoms. The summed E-state index contributed by atoms with van der Waals surface area (Å²) in [6.07, 6.45) is 0.167. The van der Waals surface area contributed by atoms with Gasteiger partial charge < -0.3 is 9.64 Å². The van der Waals surface area contributed by atoms with Gasteiger partial charge in [-0.15, -0.1) is 0 Å². The molecular formula is C17H20F3NO3. The number of benzene rings is 1. The second-order valence-electron chi connectivity index (χ2n) is 6.83. The van der Waals surface area contributed by atoms with Crippen LogP contribution in [0, 0.1) is 23.4 Å². The van der Waals surface area contributed by atoms with E-state index in [1.165, 1.54) is 4.90 Å². The fourth-order valence-electron chi connectivity index (χ4n) is 2.59. The molecule has 0 unspecified atom stereocenters. The highest BCUT2D eigenvalue weighted by molar-refractivity contribution is 5.98. The Bertz CT molecular complexity index is 647. The molecule has 0 atom stereocenters. The third-order valence-corrected chi connectivity index (χ3v) is 3.82. The Kier molecular flexibility index (Phi) is 5.20. The van der Waals surface area contributed by atoms with Crippen LogP contribution in [0.1, 0.15) is 44.0 Å². The van der Waals surface area contributed by atoms with E-state index < -0.39 is 46.4 Å². The van der Waals surface area contributed by atoms with E-state index in [1.807, 2.05) is 0 Å². The number of piperidine rings is 1. The smallest absolute Gasteiger partial charge is 0.410 e. The Hall–Kier alpha value is -2.05. The molecule has 1 aliphatic heterocycles. The van der Waals surface area contributed by atoms with Crippen molar-refractivity contribution in [3.8, 4) is 0 Å². The number of carbonyl (C=O) groups excluding carboxylic acids is 2. The average Bonchev–Trinajstić information content (AvgIpc) is 2.51. The van der Waals surface area contributed by atoms with E-state index in [0.29, 0.717) is 12.8 Å². The van der Waals surface area contributed by atoms with E-state index >= 15 is 0 Å². The third kappa shape index (κ3) is 4.07. The van der Waals surface area contributed by atoms with Crippen LogP contribution in [-0.2, 0) is 4.74 Å². The average molecular weight is 343 g/mol. The number of halogens is 3. The van der Waals surface area contributed by atoms with Gasteiger partial charge in [0.2, 0.25) is 0 Å². The zero-order chi connectivity index (χ0) is 18.1. The second-order valence-corrected chi connectivity index (χ2v) is 6.83. The summed E-state index contributed by atoms with van der Waals surface area (Å²) in [4.78, 5) is 25.8. The molecule has 2 rings (SSSR count). The fraction of sp³-hybridized carbons (Fsp3) is 0.529. The molecule has 0 bridgehead atoms. The van der Waals surface area contributed by atoms with Gasteiger partial charge in [-0.3, -0.25) is 4.79 Å². The quantitative estimate of drug-likeness (QED) is 0.604. The van der Waals surface area contributed by atoms with E-state index in [1.54, 1.807) is 20.8 Å². The maximum Gasteiger partial charge on any atom is 0.410 e.